The molecule has 1 aromatic carbocycles. The molecule has 0 spiro atoms. The van der Waals surface area contributed by atoms with Crippen LogP contribution in [0.5, 0.6) is 0 Å². The first-order valence-corrected chi connectivity index (χ1v) is 7.61. The quantitative estimate of drug-likeness (QED) is 0.606. The van der Waals surface area contributed by atoms with Crippen molar-refractivity contribution >= 4 is 21.9 Å². The highest BCUT2D eigenvalue weighted by Crippen LogP contribution is 2.16. The van der Waals surface area contributed by atoms with E-state index in [1.807, 2.05) is 13.8 Å². The molecule has 118 valence electrons. The van der Waals surface area contributed by atoms with E-state index >= 15 is 0 Å². The monoisotopic (exact) mass is 359 g/mol. The summed E-state index contributed by atoms with van der Waals surface area (Å²) in [5.41, 5.74) is 0.808. The van der Waals surface area contributed by atoms with Gasteiger partial charge < -0.3 is 15.4 Å². The van der Waals surface area contributed by atoms with Gasteiger partial charge in [0.15, 0.2) is 5.96 Å². The lowest BCUT2D eigenvalue weighted by atomic mass is 10.1. The normalized spacial score (nSPS) is 12.4. The lowest BCUT2D eigenvalue weighted by Crippen LogP contribution is -2.45. The number of halogens is 2. The Hall–Kier alpha value is -1.14. The number of aliphatic imine (C=N–C) groups is 1. The first kappa shape index (κ1) is 17.9. The fraction of sp³-hybridized carbons (Fsp3) is 0.533. The molecule has 0 heterocycles. The van der Waals surface area contributed by atoms with Crippen LogP contribution in [0.1, 0.15) is 19.4 Å². The summed E-state index contributed by atoms with van der Waals surface area (Å²) in [6.45, 7) is 5.38. The van der Waals surface area contributed by atoms with Crippen LogP contribution >= 0.6 is 15.9 Å². The highest BCUT2D eigenvalue weighted by Gasteiger charge is 2.16. The summed E-state index contributed by atoms with van der Waals surface area (Å²) < 4.78 is 19.0. The number of ether oxygens (including phenoxy) is 1. The molecule has 0 aliphatic carbocycles. The van der Waals surface area contributed by atoms with Gasteiger partial charge in [-0.15, -0.1) is 0 Å². The smallest absolute Gasteiger partial charge is 0.191 e. The van der Waals surface area contributed by atoms with Crippen LogP contribution in [-0.2, 0) is 11.2 Å². The molecule has 6 heteroatoms. The molecule has 1 rings (SSSR count). The summed E-state index contributed by atoms with van der Waals surface area (Å²) in [7, 11) is 3.41. The van der Waals surface area contributed by atoms with Crippen LogP contribution in [0.15, 0.2) is 27.7 Å². The van der Waals surface area contributed by atoms with Crippen LogP contribution in [-0.4, -0.2) is 38.8 Å². The van der Waals surface area contributed by atoms with Gasteiger partial charge in [0.25, 0.3) is 0 Å². The second kappa shape index (κ2) is 8.34. The minimum Gasteiger partial charge on any atom is -0.377 e. The van der Waals surface area contributed by atoms with Crippen molar-refractivity contribution in [2.24, 2.45) is 4.99 Å². The Morgan fingerprint density at radius 1 is 1.38 bits per heavy atom. The van der Waals surface area contributed by atoms with Crippen molar-refractivity contribution < 1.29 is 9.13 Å². The Morgan fingerprint density at radius 3 is 2.67 bits per heavy atom. The molecule has 0 saturated carbocycles. The average Bonchev–Trinajstić information content (AvgIpc) is 2.46. The maximum absolute atomic E-state index is 13.1. The Morgan fingerprint density at radius 2 is 2.10 bits per heavy atom. The number of nitrogens with zero attached hydrogens (tertiary/aromatic N) is 1. The second-order valence-corrected chi connectivity index (χ2v) is 6.17. The standard InChI is InChI=1S/C15H23BrFN3O/c1-15(2,21-4)10-20-14(18-3)19-8-7-11-5-6-13(17)12(16)9-11/h5-6,9H,7-8,10H2,1-4H3,(H2,18,19,20). The van der Waals surface area contributed by atoms with Gasteiger partial charge in [-0.25, -0.2) is 4.39 Å². The molecule has 4 nitrogen and oxygen atoms in total. The number of benzene rings is 1. The van der Waals surface area contributed by atoms with Crippen LogP contribution in [0, 0.1) is 5.82 Å². The van der Waals surface area contributed by atoms with Gasteiger partial charge in [-0.05, 0) is 53.9 Å². The fourth-order valence-corrected chi connectivity index (χ4v) is 2.04. The van der Waals surface area contributed by atoms with E-state index in [1.165, 1.54) is 6.07 Å². The van der Waals surface area contributed by atoms with Crippen LogP contribution in [0.2, 0.25) is 0 Å². The largest absolute Gasteiger partial charge is 0.377 e. The number of hydrogen-bond acceptors (Lipinski definition) is 2. The molecule has 0 bridgehead atoms. The van der Waals surface area contributed by atoms with Crippen molar-refractivity contribution in [3.63, 3.8) is 0 Å². The Labute approximate surface area is 134 Å². The molecule has 2 N–H and O–H groups in total. The number of hydrogen-bond donors (Lipinski definition) is 2. The van der Waals surface area contributed by atoms with Gasteiger partial charge in [0.1, 0.15) is 5.82 Å². The molecule has 0 aliphatic heterocycles. The molecule has 0 fully saturated rings. The molecule has 1 aromatic rings. The Bertz CT molecular complexity index is 492. The SMILES string of the molecule is CN=C(NCCc1ccc(F)c(Br)c1)NCC(C)(C)OC. The van der Waals surface area contributed by atoms with E-state index in [9.17, 15) is 4.39 Å². The van der Waals surface area contributed by atoms with E-state index in [0.29, 0.717) is 17.6 Å². The molecular weight excluding hydrogens is 337 g/mol. The summed E-state index contributed by atoms with van der Waals surface area (Å²) in [4.78, 5) is 4.16. The average molecular weight is 360 g/mol. The zero-order valence-electron chi connectivity index (χ0n) is 13.0. The molecular formula is C15H23BrFN3O. The third kappa shape index (κ3) is 6.44. The zero-order chi connectivity index (χ0) is 15.9. The maximum Gasteiger partial charge on any atom is 0.191 e. The fourth-order valence-electron chi connectivity index (χ4n) is 1.61. The lowest BCUT2D eigenvalue weighted by molar-refractivity contribution is 0.0268. The Kier molecular flexibility index (Phi) is 7.11. The van der Waals surface area contributed by atoms with Crippen LogP contribution in [0.25, 0.3) is 0 Å². The van der Waals surface area contributed by atoms with Crippen molar-refractivity contribution in [2.75, 3.05) is 27.2 Å². The van der Waals surface area contributed by atoms with Gasteiger partial charge in [0.05, 0.1) is 10.1 Å². The number of guanidine groups is 1. The summed E-state index contributed by atoms with van der Waals surface area (Å²) in [5.74, 6) is 0.479. The van der Waals surface area contributed by atoms with Gasteiger partial charge in [-0.3, -0.25) is 4.99 Å². The summed E-state index contributed by atoms with van der Waals surface area (Å²) in [6.07, 6.45) is 0.785. The van der Waals surface area contributed by atoms with Gasteiger partial charge in [-0.1, -0.05) is 6.07 Å². The van der Waals surface area contributed by atoms with E-state index in [1.54, 1.807) is 26.3 Å². The maximum atomic E-state index is 13.1. The predicted octanol–water partition coefficient (Wildman–Crippen LogP) is 2.72. The molecule has 0 atom stereocenters. The van der Waals surface area contributed by atoms with Crippen molar-refractivity contribution in [1.29, 1.82) is 0 Å². The van der Waals surface area contributed by atoms with Gasteiger partial charge in [-0.2, -0.15) is 0 Å². The molecule has 21 heavy (non-hydrogen) atoms. The molecule has 0 amide bonds. The van der Waals surface area contributed by atoms with Crippen molar-refractivity contribution in [3.05, 3.63) is 34.1 Å². The summed E-state index contributed by atoms with van der Waals surface area (Å²) in [6, 6.07) is 5.04. The number of nitrogens with one attached hydrogen (secondary N) is 2. The third-order valence-electron chi connectivity index (χ3n) is 3.15. The number of methoxy groups -OCH3 is 1. The molecule has 0 saturated heterocycles. The minimum absolute atomic E-state index is 0.244. The summed E-state index contributed by atoms with van der Waals surface area (Å²) in [5, 5.41) is 6.43. The van der Waals surface area contributed by atoms with Gasteiger partial charge in [0.2, 0.25) is 0 Å². The molecule has 0 radical (unpaired) electrons. The van der Waals surface area contributed by atoms with E-state index < -0.39 is 0 Å². The lowest BCUT2D eigenvalue weighted by Gasteiger charge is -2.24. The first-order valence-electron chi connectivity index (χ1n) is 6.81. The topological polar surface area (TPSA) is 45.7 Å². The predicted molar refractivity (Wildman–Crippen MR) is 88.3 cm³/mol. The molecule has 0 aromatic heterocycles. The highest BCUT2D eigenvalue weighted by molar-refractivity contribution is 9.10. The van der Waals surface area contributed by atoms with Gasteiger partial charge >= 0.3 is 0 Å². The van der Waals surface area contributed by atoms with Crippen LogP contribution in [0.4, 0.5) is 4.39 Å². The third-order valence-corrected chi connectivity index (χ3v) is 3.76. The first-order chi connectivity index (χ1) is 9.88. The van der Waals surface area contributed by atoms with Crippen molar-refractivity contribution in [2.45, 2.75) is 25.9 Å². The zero-order valence-corrected chi connectivity index (χ0v) is 14.6. The summed E-state index contributed by atoms with van der Waals surface area (Å²) >= 11 is 3.19. The Balaban J connectivity index is 2.40. The molecule has 0 unspecified atom stereocenters. The van der Waals surface area contributed by atoms with E-state index in [2.05, 4.69) is 31.6 Å². The van der Waals surface area contributed by atoms with Crippen molar-refractivity contribution in [3.8, 4) is 0 Å². The van der Waals surface area contributed by atoms with E-state index in [4.69, 9.17) is 4.74 Å². The van der Waals surface area contributed by atoms with Crippen molar-refractivity contribution in [1.82, 2.24) is 10.6 Å². The van der Waals surface area contributed by atoms with Crippen LogP contribution in [0.3, 0.4) is 0 Å². The van der Waals surface area contributed by atoms with Gasteiger partial charge in [0, 0.05) is 27.2 Å². The molecule has 0 aliphatic rings. The second-order valence-electron chi connectivity index (χ2n) is 5.31. The highest BCUT2D eigenvalue weighted by atomic mass is 79.9. The number of rotatable bonds is 6. The van der Waals surface area contributed by atoms with E-state index in [-0.39, 0.29) is 11.4 Å². The van der Waals surface area contributed by atoms with E-state index in [0.717, 1.165) is 17.9 Å². The minimum atomic E-state index is -0.251. The van der Waals surface area contributed by atoms with Crippen LogP contribution < -0.4 is 10.6 Å².